The zero-order chi connectivity index (χ0) is 11.8. The fourth-order valence-corrected chi connectivity index (χ4v) is 1.54. The van der Waals surface area contributed by atoms with E-state index in [0.29, 0.717) is 0 Å². The molecule has 0 radical (unpaired) electrons. The molecule has 1 heterocycles. The minimum Gasteiger partial charge on any atom is -0.357 e. The molecule has 90 valence electrons. The van der Waals surface area contributed by atoms with E-state index < -0.39 is 0 Å². The van der Waals surface area contributed by atoms with E-state index in [2.05, 4.69) is 41.0 Å². The fraction of sp³-hybridized carbons (Fsp3) is 0.667. The number of unbranched alkanes of at least 4 members (excludes halogenated alkanes) is 1. The van der Waals surface area contributed by atoms with Crippen molar-refractivity contribution in [2.24, 2.45) is 0 Å². The van der Waals surface area contributed by atoms with Gasteiger partial charge in [0.25, 0.3) is 0 Å². The summed E-state index contributed by atoms with van der Waals surface area (Å²) >= 11 is 0. The molecule has 1 aromatic rings. The lowest BCUT2D eigenvalue weighted by molar-refractivity contribution is 0.817. The van der Waals surface area contributed by atoms with Crippen molar-refractivity contribution in [3.63, 3.8) is 0 Å². The van der Waals surface area contributed by atoms with E-state index in [-0.39, 0.29) is 0 Å². The lowest BCUT2D eigenvalue weighted by atomic mass is 10.3. The van der Waals surface area contributed by atoms with Gasteiger partial charge in [0, 0.05) is 25.8 Å². The number of hydrogen-bond donors (Lipinski definition) is 1. The Morgan fingerprint density at radius 1 is 1.25 bits per heavy atom. The van der Waals surface area contributed by atoms with Crippen molar-refractivity contribution in [2.75, 3.05) is 29.9 Å². The highest BCUT2D eigenvalue weighted by Crippen LogP contribution is 2.11. The van der Waals surface area contributed by atoms with Gasteiger partial charge >= 0.3 is 0 Å². The van der Waals surface area contributed by atoms with Crippen LogP contribution in [0, 0.1) is 0 Å². The normalized spacial score (nSPS) is 10.2. The van der Waals surface area contributed by atoms with Gasteiger partial charge in [0.15, 0.2) is 0 Å². The molecule has 1 N–H and O–H groups in total. The SMILES string of the molecule is CCCCNc1nccc(N(CC)CC)n1. The molecule has 16 heavy (non-hydrogen) atoms. The first-order valence-electron chi connectivity index (χ1n) is 6.13. The molecular formula is C12H22N4. The third-order valence-electron chi connectivity index (χ3n) is 2.54. The van der Waals surface area contributed by atoms with E-state index in [0.717, 1.165) is 37.8 Å². The number of aromatic nitrogens is 2. The highest BCUT2D eigenvalue weighted by molar-refractivity contribution is 5.42. The van der Waals surface area contributed by atoms with E-state index in [1.165, 1.54) is 6.42 Å². The molecule has 0 aliphatic carbocycles. The van der Waals surface area contributed by atoms with Crippen molar-refractivity contribution >= 4 is 11.8 Å². The van der Waals surface area contributed by atoms with Crippen LogP contribution in [0.1, 0.15) is 33.6 Å². The lowest BCUT2D eigenvalue weighted by Crippen LogP contribution is -2.23. The predicted octanol–water partition coefficient (Wildman–Crippen LogP) is 2.53. The lowest BCUT2D eigenvalue weighted by Gasteiger charge is -2.19. The predicted molar refractivity (Wildman–Crippen MR) is 69.0 cm³/mol. The third kappa shape index (κ3) is 3.68. The standard InChI is InChI=1S/C12H22N4/c1-4-7-9-13-12-14-10-8-11(15-12)16(5-2)6-3/h8,10H,4-7,9H2,1-3H3,(H,13,14,15). The second-order valence-corrected chi connectivity index (χ2v) is 3.69. The first kappa shape index (κ1) is 12.7. The number of rotatable bonds is 7. The van der Waals surface area contributed by atoms with E-state index >= 15 is 0 Å². The van der Waals surface area contributed by atoms with E-state index in [9.17, 15) is 0 Å². The molecule has 4 nitrogen and oxygen atoms in total. The minimum atomic E-state index is 0.734. The Bertz CT molecular complexity index is 297. The maximum Gasteiger partial charge on any atom is 0.224 e. The summed E-state index contributed by atoms with van der Waals surface area (Å²) in [6.45, 7) is 9.34. The van der Waals surface area contributed by atoms with Gasteiger partial charge in [0.2, 0.25) is 5.95 Å². The van der Waals surface area contributed by atoms with Gasteiger partial charge < -0.3 is 10.2 Å². The van der Waals surface area contributed by atoms with Crippen LogP contribution >= 0.6 is 0 Å². The molecule has 0 unspecified atom stereocenters. The molecule has 0 fully saturated rings. The topological polar surface area (TPSA) is 41.1 Å². The Kier molecular flexibility index (Phi) is 5.61. The molecule has 4 heteroatoms. The molecule has 0 saturated heterocycles. The molecule has 1 rings (SSSR count). The third-order valence-corrected chi connectivity index (χ3v) is 2.54. The zero-order valence-corrected chi connectivity index (χ0v) is 10.5. The van der Waals surface area contributed by atoms with Gasteiger partial charge in [-0.3, -0.25) is 0 Å². The quantitative estimate of drug-likeness (QED) is 0.720. The number of nitrogens with one attached hydrogen (secondary N) is 1. The summed E-state index contributed by atoms with van der Waals surface area (Å²) < 4.78 is 0. The second kappa shape index (κ2) is 7.04. The average molecular weight is 222 g/mol. The first-order chi connectivity index (χ1) is 7.81. The average Bonchev–Trinajstić information content (AvgIpc) is 2.32. The fourth-order valence-electron chi connectivity index (χ4n) is 1.54. The van der Waals surface area contributed by atoms with Gasteiger partial charge in [0.05, 0.1) is 0 Å². The summed E-state index contributed by atoms with van der Waals surface area (Å²) in [5.41, 5.74) is 0. The van der Waals surface area contributed by atoms with Gasteiger partial charge in [-0.2, -0.15) is 4.98 Å². The smallest absolute Gasteiger partial charge is 0.224 e. The van der Waals surface area contributed by atoms with Crippen molar-refractivity contribution in [3.05, 3.63) is 12.3 Å². The van der Waals surface area contributed by atoms with Gasteiger partial charge in [-0.25, -0.2) is 4.98 Å². The van der Waals surface area contributed by atoms with Gasteiger partial charge in [-0.15, -0.1) is 0 Å². The Labute approximate surface area is 98.1 Å². The summed E-state index contributed by atoms with van der Waals surface area (Å²) in [7, 11) is 0. The molecule has 0 aliphatic rings. The van der Waals surface area contributed by atoms with Crippen LogP contribution in [0.4, 0.5) is 11.8 Å². The summed E-state index contributed by atoms with van der Waals surface area (Å²) in [6.07, 6.45) is 4.15. The second-order valence-electron chi connectivity index (χ2n) is 3.69. The number of anilines is 2. The van der Waals surface area contributed by atoms with Crippen molar-refractivity contribution in [1.82, 2.24) is 9.97 Å². The van der Waals surface area contributed by atoms with Crippen molar-refractivity contribution in [2.45, 2.75) is 33.6 Å². The van der Waals surface area contributed by atoms with Crippen molar-refractivity contribution < 1.29 is 0 Å². The molecule has 0 spiro atoms. The Hall–Kier alpha value is -1.32. The molecule has 0 saturated carbocycles. The zero-order valence-electron chi connectivity index (χ0n) is 10.5. The van der Waals surface area contributed by atoms with Gasteiger partial charge in [-0.05, 0) is 26.3 Å². The summed E-state index contributed by atoms with van der Waals surface area (Å²) in [4.78, 5) is 10.9. The van der Waals surface area contributed by atoms with Crippen LogP contribution in [-0.2, 0) is 0 Å². The van der Waals surface area contributed by atoms with Gasteiger partial charge in [0.1, 0.15) is 5.82 Å². The van der Waals surface area contributed by atoms with Crippen LogP contribution in [0.15, 0.2) is 12.3 Å². The largest absolute Gasteiger partial charge is 0.357 e. The van der Waals surface area contributed by atoms with E-state index in [1.54, 1.807) is 0 Å². The number of nitrogens with zero attached hydrogens (tertiary/aromatic N) is 3. The molecule has 1 aromatic heterocycles. The van der Waals surface area contributed by atoms with Crippen LogP contribution in [0.2, 0.25) is 0 Å². The van der Waals surface area contributed by atoms with Gasteiger partial charge in [-0.1, -0.05) is 13.3 Å². The highest BCUT2D eigenvalue weighted by Gasteiger charge is 2.04. The molecule has 0 atom stereocenters. The maximum atomic E-state index is 4.49. The minimum absolute atomic E-state index is 0.734. The summed E-state index contributed by atoms with van der Waals surface area (Å²) in [6, 6.07) is 1.96. The molecule has 0 aromatic carbocycles. The van der Waals surface area contributed by atoms with Crippen molar-refractivity contribution in [3.8, 4) is 0 Å². The van der Waals surface area contributed by atoms with Crippen LogP contribution in [0.25, 0.3) is 0 Å². The van der Waals surface area contributed by atoms with Crippen LogP contribution in [-0.4, -0.2) is 29.6 Å². The van der Waals surface area contributed by atoms with Crippen molar-refractivity contribution in [1.29, 1.82) is 0 Å². The van der Waals surface area contributed by atoms with E-state index in [4.69, 9.17) is 0 Å². The Morgan fingerprint density at radius 2 is 2.00 bits per heavy atom. The Morgan fingerprint density at radius 3 is 2.62 bits per heavy atom. The van der Waals surface area contributed by atoms with Crippen LogP contribution in [0.3, 0.4) is 0 Å². The monoisotopic (exact) mass is 222 g/mol. The molecule has 0 aliphatic heterocycles. The highest BCUT2D eigenvalue weighted by atomic mass is 15.2. The number of hydrogen-bond acceptors (Lipinski definition) is 4. The summed E-state index contributed by atoms with van der Waals surface area (Å²) in [5, 5.41) is 3.24. The molecule has 0 bridgehead atoms. The Balaban J connectivity index is 2.62. The molecular weight excluding hydrogens is 200 g/mol. The first-order valence-corrected chi connectivity index (χ1v) is 6.13. The summed E-state index contributed by atoms with van der Waals surface area (Å²) in [5.74, 6) is 1.73. The maximum absolute atomic E-state index is 4.49. The van der Waals surface area contributed by atoms with Crippen LogP contribution < -0.4 is 10.2 Å². The van der Waals surface area contributed by atoms with Crippen LogP contribution in [0.5, 0.6) is 0 Å². The molecule has 0 amide bonds. The van der Waals surface area contributed by atoms with E-state index in [1.807, 2.05) is 12.3 Å².